The Morgan fingerprint density at radius 2 is 1.93 bits per heavy atom. The predicted molar refractivity (Wildman–Crippen MR) is 130 cm³/mol. The van der Waals surface area contributed by atoms with E-state index in [1.165, 1.54) is 6.08 Å². The van der Waals surface area contributed by atoms with Crippen molar-refractivity contribution in [2.75, 3.05) is 18.5 Å². The van der Waals surface area contributed by atoms with Gasteiger partial charge < -0.3 is 14.8 Å². The van der Waals surface area contributed by atoms with Gasteiger partial charge in [0.2, 0.25) is 0 Å². The first kappa shape index (κ1) is 23.6. The maximum absolute atomic E-state index is 12.4. The van der Waals surface area contributed by atoms with Crippen LogP contribution in [0.5, 0.6) is 5.75 Å². The van der Waals surface area contributed by atoms with E-state index >= 15 is 0 Å². The number of hydrogen-bond acceptors (Lipinski definition) is 5. The fourth-order valence-electron chi connectivity index (χ4n) is 2.21. The molecule has 150 valence electrons. The first-order chi connectivity index (χ1) is 13.8. The van der Waals surface area contributed by atoms with E-state index < -0.39 is 11.9 Å². The zero-order valence-corrected chi connectivity index (χ0v) is 21.1. The Kier molecular flexibility index (Phi) is 9.38. The van der Waals surface area contributed by atoms with Crippen molar-refractivity contribution in [1.82, 2.24) is 0 Å². The first-order valence-electron chi connectivity index (χ1n) is 8.30. The molecule has 29 heavy (non-hydrogen) atoms. The van der Waals surface area contributed by atoms with Gasteiger partial charge >= 0.3 is 5.97 Å². The quantitative estimate of drug-likeness (QED) is 0.189. The summed E-state index contributed by atoms with van der Waals surface area (Å²) in [6, 6.07) is 12.6. The van der Waals surface area contributed by atoms with Crippen LogP contribution < -0.4 is 10.1 Å². The zero-order valence-electron chi connectivity index (χ0n) is 15.2. The normalized spacial score (nSPS) is 10.8. The van der Waals surface area contributed by atoms with Crippen molar-refractivity contribution in [2.24, 2.45) is 0 Å². The molecule has 0 aromatic heterocycles. The smallest absolute Gasteiger partial charge is 0.344 e. The van der Waals surface area contributed by atoms with Crippen molar-refractivity contribution in [2.45, 2.75) is 6.92 Å². The summed E-state index contributed by atoms with van der Waals surface area (Å²) in [4.78, 5) is 23.9. The molecule has 0 bridgehead atoms. The van der Waals surface area contributed by atoms with Crippen molar-refractivity contribution in [1.29, 1.82) is 5.26 Å². The van der Waals surface area contributed by atoms with Gasteiger partial charge in [0.15, 0.2) is 6.61 Å². The molecule has 0 atom stereocenters. The molecule has 2 rings (SSSR count). The summed E-state index contributed by atoms with van der Waals surface area (Å²) >= 11 is 7.50. The second kappa shape index (κ2) is 11.5. The standard InChI is InChI=1S/C20H15BrI2N2O4/c1-2-28-18(26)11-29-19-16(22)7-12(8-17(19)23)6-13(10-24)20(27)25-15-5-3-4-14(21)9-15/h3-9H,2,11H2,1H3,(H,25,27)/b13-6-. The highest BCUT2D eigenvalue weighted by Crippen LogP contribution is 2.30. The van der Waals surface area contributed by atoms with Crippen LogP contribution in [-0.2, 0) is 14.3 Å². The first-order valence-corrected chi connectivity index (χ1v) is 11.2. The number of ether oxygens (including phenoxy) is 2. The Balaban J connectivity index is 2.19. The van der Waals surface area contributed by atoms with Gasteiger partial charge in [-0.05, 0) is 94.1 Å². The summed E-state index contributed by atoms with van der Waals surface area (Å²) in [7, 11) is 0. The van der Waals surface area contributed by atoms with Crippen molar-refractivity contribution < 1.29 is 19.1 Å². The fraction of sp³-hybridized carbons (Fsp3) is 0.150. The van der Waals surface area contributed by atoms with E-state index in [9.17, 15) is 14.9 Å². The number of nitrogens with zero attached hydrogens (tertiary/aromatic N) is 1. The van der Waals surface area contributed by atoms with Crippen molar-refractivity contribution in [3.8, 4) is 11.8 Å². The number of nitriles is 1. The molecule has 0 unspecified atom stereocenters. The van der Waals surface area contributed by atoms with E-state index in [0.717, 1.165) is 11.6 Å². The summed E-state index contributed by atoms with van der Waals surface area (Å²) in [6.45, 7) is 1.83. The number of halogens is 3. The highest BCUT2D eigenvalue weighted by molar-refractivity contribution is 14.1. The van der Waals surface area contributed by atoms with Crippen LogP contribution in [0.3, 0.4) is 0 Å². The average Bonchev–Trinajstić information content (AvgIpc) is 2.65. The summed E-state index contributed by atoms with van der Waals surface area (Å²) in [5.41, 5.74) is 1.22. The van der Waals surface area contributed by atoms with Crippen molar-refractivity contribution in [3.63, 3.8) is 0 Å². The van der Waals surface area contributed by atoms with E-state index in [0.29, 0.717) is 23.6 Å². The van der Waals surface area contributed by atoms with Crippen LogP contribution in [-0.4, -0.2) is 25.1 Å². The van der Waals surface area contributed by atoms with Crippen molar-refractivity contribution in [3.05, 3.63) is 59.1 Å². The van der Waals surface area contributed by atoms with Gasteiger partial charge in [-0.1, -0.05) is 22.0 Å². The van der Waals surface area contributed by atoms with E-state index in [1.54, 1.807) is 37.3 Å². The van der Waals surface area contributed by atoms with E-state index in [-0.39, 0.29) is 12.2 Å². The molecule has 0 aliphatic carbocycles. The highest BCUT2D eigenvalue weighted by Gasteiger charge is 2.14. The molecule has 0 saturated carbocycles. The minimum absolute atomic E-state index is 0.0308. The molecule has 0 fully saturated rings. The molecule has 0 spiro atoms. The highest BCUT2D eigenvalue weighted by atomic mass is 127. The van der Waals surface area contributed by atoms with E-state index in [2.05, 4.69) is 66.4 Å². The Morgan fingerprint density at radius 3 is 2.52 bits per heavy atom. The SMILES string of the molecule is CCOC(=O)COc1c(I)cc(/C=C(/C#N)C(=O)Nc2cccc(Br)c2)cc1I. The van der Waals surface area contributed by atoms with Gasteiger partial charge in [-0.15, -0.1) is 0 Å². The minimum Gasteiger partial charge on any atom is -0.480 e. The summed E-state index contributed by atoms with van der Waals surface area (Å²) in [5, 5.41) is 12.1. The number of esters is 1. The molecule has 0 heterocycles. The maximum atomic E-state index is 12.4. The summed E-state index contributed by atoms with van der Waals surface area (Å²) in [6.07, 6.45) is 1.51. The topological polar surface area (TPSA) is 88.4 Å². The third-order valence-electron chi connectivity index (χ3n) is 3.42. The number of amides is 1. The number of hydrogen-bond donors (Lipinski definition) is 1. The van der Waals surface area contributed by atoms with Gasteiger partial charge in [-0.25, -0.2) is 4.79 Å². The Morgan fingerprint density at radius 1 is 1.24 bits per heavy atom. The van der Waals surface area contributed by atoms with Gasteiger partial charge in [0.1, 0.15) is 17.4 Å². The molecule has 0 saturated heterocycles. The summed E-state index contributed by atoms with van der Waals surface area (Å²) < 4.78 is 12.7. The van der Waals surface area contributed by atoms with Crippen LogP contribution in [0, 0.1) is 18.5 Å². The second-order valence-electron chi connectivity index (χ2n) is 5.54. The lowest BCUT2D eigenvalue weighted by atomic mass is 10.1. The molecule has 9 heteroatoms. The Hall–Kier alpha value is -1.65. The van der Waals surface area contributed by atoms with Gasteiger partial charge in [-0.3, -0.25) is 4.79 Å². The van der Waals surface area contributed by atoms with Crippen LogP contribution in [0.2, 0.25) is 0 Å². The number of benzene rings is 2. The van der Waals surface area contributed by atoms with Crippen LogP contribution in [0.25, 0.3) is 6.08 Å². The zero-order chi connectivity index (χ0) is 21.4. The monoisotopic (exact) mass is 680 g/mol. The lowest BCUT2D eigenvalue weighted by Crippen LogP contribution is -2.15. The van der Waals surface area contributed by atoms with Crippen LogP contribution in [0.1, 0.15) is 12.5 Å². The molecule has 0 aliphatic heterocycles. The largest absolute Gasteiger partial charge is 0.480 e. The Bertz CT molecular complexity index is 979. The van der Waals surface area contributed by atoms with E-state index in [1.807, 2.05) is 12.1 Å². The number of nitrogens with one attached hydrogen (secondary N) is 1. The predicted octanol–water partition coefficient (Wildman–Crippen LogP) is 5.15. The van der Waals surface area contributed by atoms with Gasteiger partial charge in [0, 0.05) is 10.2 Å². The van der Waals surface area contributed by atoms with Crippen LogP contribution in [0.15, 0.2) is 46.4 Å². The molecule has 1 N–H and O–H groups in total. The third kappa shape index (κ3) is 7.27. The van der Waals surface area contributed by atoms with Crippen LogP contribution >= 0.6 is 61.1 Å². The molecule has 0 aliphatic rings. The molecule has 6 nitrogen and oxygen atoms in total. The lowest BCUT2D eigenvalue weighted by Gasteiger charge is -2.11. The molecule has 2 aromatic rings. The van der Waals surface area contributed by atoms with Gasteiger partial charge in [0.05, 0.1) is 13.7 Å². The van der Waals surface area contributed by atoms with Gasteiger partial charge in [-0.2, -0.15) is 5.26 Å². The minimum atomic E-state index is -0.502. The van der Waals surface area contributed by atoms with E-state index in [4.69, 9.17) is 9.47 Å². The summed E-state index contributed by atoms with van der Waals surface area (Å²) in [5.74, 6) is -0.397. The van der Waals surface area contributed by atoms with Crippen molar-refractivity contribution >= 4 is 84.8 Å². The maximum Gasteiger partial charge on any atom is 0.344 e. The Labute approximate surface area is 204 Å². The number of anilines is 1. The number of carbonyl (C=O) groups is 2. The van der Waals surface area contributed by atoms with Gasteiger partial charge in [0.25, 0.3) is 5.91 Å². The van der Waals surface area contributed by atoms with Crippen LogP contribution in [0.4, 0.5) is 5.69 Å². The molecule has 2 aromatic carbocycles. The number of rotatable bonds is 7. The molecular formula is C20H15BrI2N2O4. The second-order valence-corrected chi connectivity index (χ2v) is 8.78. The molecule has 1 amide bonds. The molecule has 0 radical (unpaired) electrons. The molecular weight excluding hydrogens is 666 g/mol. The third-order valence-corrected chi connectivity index (χ3v) is 5.51. The lowest BCUT2D eigenvalue weighted by molar-refractivity contribution is -0.145. The number of carbonyl (C=O) groups excluding carboxylic acids is 2. The fourth-order valence-corrected chi connectivity index (χ4v) is 4.74. The average molecular weight is 681 g/mol.